The summed E-state index contributed by atoms with van der Waals surface area (Å²) in [4.78, 5) is 33.5. The molecule has 19 heavy (non-hydrogen) atoms. The third kappa shape index (κ3) is 5.67. The summed E-state index contributed by atoms with van der Waals surface area (Å²) in [6, 6.07) is 8.64. The first-order chi connectivity index (χ1) is 8.99. The highest BCUT2D eigenvalue weighted by Crippen LogP contribution is 1.97. The standard InChI is InChI=1S/C13H16N2O4/c1-9(19-10(2)16)12(17)15-13(18)14-8-11-6-4-3-5-7-11/h3-7,9H,8H2,1-2H3,(H2,14,15,17,18). The van der Waals surface area contributed by atoms with Crippen LogP contribution >= 0.6 is 0 Å². The van der Waals surface area contributed by atoms with Crippen molar-refractivity contribution in [3.63, 3.8) is 0 Å². The molecule has 1 aromatic carbocycles. The molecule has 0 aliphatic rings. The fourth-order valence-corrected chi connectivity index (χ4v) is 1.34. The summed E-state index contributed by atoms with van der Waals surface area (Å²) in [5.74, 6) is -1.24. The van der Waals surface area contributed by atoms with Gasteiger partial charge in [-0.05, 0) is 12.5 Å². The summed E-state index contributed by atoms with van der Waals surface area (Å²) in [6.45, 7) is 2.89. The van der Waals surface area contributed by atoms with E-state index in [1.165, 1.54) is 13.8 Å². The summed E-state index contributed by atoms with van der Waals surface area (Å²) in [7, 11) is 0. The van der Waals surface area contributed by atoms with Gasteiger partial charge in [0.05, 0.1) is 0 Å². The highest BCUT2D eigenvalue weighted by atomic mass is 16.5. The average Bonchev–Trinajstić information content (AvgIpc) is 2.36. The van der Waals surface area contributed by atoms with E-state index in [-0.39, 0.29) is 0 Å². The molecule has 6 heteroatoms. The van der Waals surface area contributed by atoms with Gasteiger partial charge in [-0.25, -0.2) is 4.79 Å². The quantitative estimate of drug-likeness (QED) is 0.793. The Kier molecular flexibility index (Phi) is 5.53. The molecule has 2 N–H and O–H groups in total. The van der Waals surface area contributed by atoms with Crippen molar-refractivity contribution in [1.82, 2.24) is 10.6 Å². The van der Waals surface area contributed by atoms with Crippen LogP contribution in [0.4, 0.5) is 4.79 Å². The van der Waals surface area contributed by atoms with Crippen LogP contribution in [0.1, 0.15) is 19.4 Å². The Balaban J connectivity index is 2.35. The van der Waals surface area contributed by atoms with Gasteiger partial charge in [-0.1, -0.05) is 30.3 Å². The molecule has 0 aliphatic carbocycles. The molecule has 3 amide bonds. The number of esters is 1. The first-order valence-electron chi connectivity index (χ1n) is 5.79. The molecular formula is C13H16N2O4. The number of carbonyl (C=O) groups is 3. The predicted octanol–water partition coefficient (Wildman–Crippen LogP) is 0.964. The van der Waals surface area contributed by atoms with Gasteiger partial charge in [0.1, 0.15) is 0 Å². The minimum Gasteiger partial charge on any atom is -0.453 e. The van der Waals surface area contributed by atoms with Crippen molar-refractivity contribution >= 4 is 17.9 Å². The number of urea groups is 1. The Morgan fingerprint density at radius 3 is 2.42 bits per heavy atom. The van der Waals surface area contributed by atoms with Crippen LogP contribution < -0.4 is 10.6 Å². The van der Waals surface area contributed by atoms with Crippen molar-refractivity contribution in [2.24, 2.45) is 0 Å². The first-order valence-corrected chi connectivity index (χ1v) is 5.79. The lowest BCUT2D eigenvalue weighted by Crippen LogP contribution is -2.44. The van der Waals surface area contributed by atoms with Gasteiger partial charge in [-0.2, -0.15) is 0 Å². The second-order valence-corrected chi connectivity index (χ2v) is 3.91. The molecule has 0 saturated carbocycles. The minimum atomic E-state index is -1.00. The number of benzene rings is 1. The van der Waals surface area contributed by atoms with Crippen LogP contribution in [0.15, 0.2) is 30.3 Å². The van der Waals surface area contributed by atoms with Gasteiger partial charge in [0.2, 0.25) is 0 Å². The predicted molar refractivity (Wildman–Crippen MR) is 68.0 cm³/mol. The van der Waals surface area contributed by atoms with E-state index in [2.05, 4.69) is 15.4 Å². The number of ether oxygens (including phenoxy) is 1. The maximum Gasteiger partial charge on any atom is 0.321 e. The molecule has 0 heterocycles. The zero-order valence-corrected chi connectivity index (χ0v) is 10.8. The lowest BCUT2D eigenvalue weighted by molar-refractivity contribution is -0.152. The number of nitrogens with one attached hydrogen (secondary N) is 2. The van der Waals surface area contributed by atoms with Gasteiger partial charge >= 0.3 is 12.0 Å². The van der Waals surface area contributed by atoms with Crippen LogP contribution in [0.3, 0.4) is 0 Å². The number of amides is 3. The second-order valence-electron chi connectivity index (χ2n) is 3.91. The van der Waals surface area contributed by atoms with E-state index < -0.39 is 24.0 Å². The maximum atomic E-state index is 11.5. The molecule has 1 atom stereocenters. The number of rotatable bonds is 4. The topological polar surface area (TPSA) is 84.5 Å². The van der Waals surface area contributed by atoms with Crippen LogP contribution in [-0.4, -0.2) is 24.0 Å². The van der Waals surface area contributed by atoms with Crippen molar-refractivity contribution in [2.45, 2.75) is 26.5 Å². The van der Waals surface area contributed by atoms with Crippen molar-refractivity contribution in [1.29, 1.82) is 0 Å². The Labute approximate surface area is 111 Å². The maximum absolute atomic E-state index is 11.5. The van der Waals surface area contributed by atoms with Gasteiger partial charge < -0.3 is 10.1 Å². The molecule has 0 fully saturated rings. The van der Waals surface area contributed by atoms with E-state index in [9.17, 15) is 14.4 Å². The van der Waals surface area contributed by atoms with Gasteiger partial charge in [0.25, 0.3) is 5.91 Å². The fourth-order valence-electron chi connectivity index (χ4n) is 1.34. The van der Waals surface area contributed by atoms with Gasteiger partial charge in [-0.15, -0.1) is 0 Å². The van der Waals surface area contributed by atoms with Gasteiger partial charge in [0, 0.05) is 13.5 Å². The van der Waals surface area contributed by atoms with Crippen molar-refractivity contribution < 1.29 is 19.1 Å². The third-order valence-electron chi connectivity index (χ3n) is 2.24. The molecule has 0 radical (unpaired) electrons. The van der Waals surface area contributed by atoms with Crippen molar-refractivity contribution in [2.75, 3.05) is 0 Å². The van der Waals surface area contributed by atoms with Crippen LogP contribution in [-0.2, 0) is 20.9 Å². The molecule has 1 aromatic rings. The molecule has 6 nitrogen and oxygen atoms in total. The zero-order valence-electron chi connectivity index (χ0n) is 10.8. The SMILES string of the molecule is CC(=O)OC(C)C(=O)NC(=O)NCc1ccccc1. The molecule has 1 unspecified atom stereocenters. The third-order valence-corrected chi connectivity index (χ3v) is 2.24. The number of hydrogen-bond acceptors (Lipinski definition) is 4. The molecule has 102 valence electrons. The summed E-state index contributed by atoms with van der Waals surface area (Å²) in [6.07, 6.45) is -1.00. The van der Waals surface area contributed by atoms with Crippen LogP contribution in [0.5, 0.6) is 0 Å². The minimum absolute atomic E-state index is 0.307. The molecule has 1 rings (SSSR count). The Hall–Kier alpha value is -2.37. The van der Waals surface area contributed by atoms with E-state index in [0.717, 1.165) is 5.56 Å². The van der Waals surface area contributed by atoms with E-state index in [1.54, 1.807) is 0 Å². The van der Waals surface area contributed by atoms with Gasteiger partial charge in [0.15, 0.2) is 6.10 Å². The summed E-state index contributed by atoms with van der Waals surface area (Å²) >= 11 is 0. The van der Waals surface area contributed by atoms with Crippen molar-refractivity contribution in [3.8, 4) is 0 Å². The molecule has 0 bridgehead atoms. The van der Waals surface area contributed by atoms with E-state index in [1.807, 2.05) is 30.3 Å². The smallest absolute Gasteiger partial charge is 0.321 e. The monoisotopic (exact) mass is 264 g/mol. The lowest BCUT2D eigenvalue weighted by Gasteiger charge is -2.12. The summed E-state index contributed by atoms with van der Waals surface area (Å²) in [5.41, 5.74) is 0.915. The van der Waals surface area contributed by atoms with E-state index in [4.69, 9.17) is 0 Å². The Bertz CT molecular complexity index is 459. The second kappa shape index (κ2) is 7.15. The molecular weight excluding hydrogens is 248 g/mol. The average molecular weight is 264 g/mol. The summed E-state index contributed by atoms with van der Waals surface area (Å²) < 4.78 is 4.64. The van der Waals surface area contributed by atoms with Crippen LogP contribution in [0.25, 0.3) is 0 Å². The fraction of sp³-hybridized carbons (Fsp3) is 0.308. The molecule has 0 spiro atoms. The number of imide groups is 1. The molecule has 0 saturated heterocycles. The van der Waals surface area contributed by atoms with Crippen molar-refractivity contribution in [3.05, 3.63) is 35.9 Å². The highest BCUT2D eigenvalue weighted by molar-refractivity contribution is 5.96. The normalized spacial score (nSPS) is 11.3. The van der Waals surface area contributed by atoms with E-state index in [0.29, 0.717) is 6.54 Å². The molecule has 0 aliphatic heterocycles. The Morgan fingerprint density at radius 2 is 1.84 bits per heavy atom. The number of carbonyl (C=O) groups excluding carboxylic acids is 3. The largest absolute Gasteiger partial charge is 0.453 e. The molecule has 0 aromatic heterocycles. The van der Waals surface area contributed by atoms with Gasteiger partial charge in [-0.3, -0.25) is 14.9 Å². The lowest BCUT2D eigenvalue weighted by atomic mass is 10.2. The van der Waals surface area contributed by atoms with Crippen LogP contribution in [0.2, 0.25) is 0 Å². The zero-order chi connectivity index (χ0) is 14.3. The van der Waals surface area contributed by atoms with E-state index >= 15 is 0 Å². The first kappa shape index (κ1) is 14.7. The van der Waals surface area contributed by atoms with Crippen LogP contribution in [0, 0.1) is 0 Å². The Morgan fingerprint density at radius 1 is 1.21 bits per heavy atom. The number of hydrogen-bond donors (Lipinski definition) is 2. The highest BCUT2D eigenvalue weighted by Gasteiger charge is 2.17. The summed E-state index contributed by atoms with van der Waals surface area (Å²) in [5, 5.41) is 4.62.